The van der Waals surface area contributed by atoms with E-state index < -0.39 is 0 Å². The molecule has 0 unspecified atom stereocenters. The maximum atomic E-state index is 12.3. The third-order valence-electron chi connectivity index (χ3n) is 3.79. The van der Waals surface area contributed by atoms with Crippen molar-refractivity contribution in [3.8, 4) is 0 Å². The summed E-state index contributed by atoms with van der Waals surface area (Å²) in [5.41, 5.74) is 5.60. The van der Waals surface area contributed by atoms with Crippen LogP contribution >= 0.6 is 12.4 Å². The Morgan fingerprint density at radius 1 is 1.35 bits per heavy atom. The quantitative estimate of drug-likeness (QED) is 0.846. The normalized spacial score (nSPS) is 18.6. The van der Waals surface area contributed by atoms with E-state index in [1.807, 2.05) is 11.9 Å². The Morgan fingerprint density at radius 2 is 1.82 bits per heavy atom. The molecule has 4 heteroatoms. The van der Waals surface area contributed by atoms with Gasteiger partial charge in [-0.2, -0.15) is 0 Å². The average molecular weight is 263 g/mol. The third kappa shape index (κ3) is 4.14. The Labute approximate surface area is 112 Å². The smallest absolute Gasteiger partial charge is 0.228 e. The molecule has 1 aliphatic rings. The van der Waals surface area contributed by atoms with Crippen molar-refractivity contribution in [1.82, 2.24) is 4.90 Å². The van der Waals surface area contributed by atoms with Crippen molar-refractivity contribution in [3.63, 3.8) is 0 Å². The number of carbonyl (C=O) groups is 1. The molecule has 0 spiro atoms. The van der Waals surface area contributed by atoms with Crippen LogP contribution in [0.15, 0.2) is 0 Å². The van der Waals surface area contributed by atoms with E-state index in [0.29, 0.717) is 12.5 Å². The Balaban J connectivity index is 0.00000256. The lowest BCUT2D eigenvalue weighted by Gasteiger charge is -2.34. The fourth-order valence-corrected chi connectivity index (χ4v) is 2.61. The molecule has 3 nitrogen and oxygen atoms in total. The molecule has 1 amide bonds. The van der Waals surface area contributed by atoms with Crippen LogP contribution in [0.25, 0.3) is 0 Å². The first-order chi connectivity index (χ1) is 7.31. The molecule has 1 saturated carbocycles. The second-order valence-electron chi connectivity index (χ2n) is 6.30. The highest BCUT2D eigenvalue weighted by Crippen LogP contribution is 2.39. The van der Waals surface area contributed by atoms with Crippen LogP contribution in [0.4, 0.5) is 0 Å². The molecule has 0 saturated heterocycles. The Bertz CT molecular complexity index is 260. The standard InChI is InChI=1S/C13H26N2O.ClH/c1-12(2,9-14)10-15(4)11(16)13(3)7-5-6-8-13;/h5-10,14H2,1-4H3;1H. The number of rotatable bonds is 4. The van der Waals surface area contributed by atoms with Crippen molar-refractivity contribution >= 4 is 18.3 Å². The first kappa shape index (κ1) is 16.7. The van der Waals surface area contributed by atoms with Gasteiger partial charge in [-0.15, -0.1) is 12.4 Å². The minimum absolute atomic E-state index is 0. The molecule has 2 N–H and O–H groups in total. The molecule has 0 aromatic carbocycles. The number of nitrogens with zero attached hydrogens (tertiary/aromatic N) is 1. The molecule has 1 rings (SSSR count). The zero-order valence-corrected chi connectivity index (χ0v) is 12.4. The fraction of sp³-hybridized carbons (Fsp3) is 0.923. The number of carbonyl (C=O) groups excluding carboxylic acids is 1. The van der Waals surface area contributed by atoms with Gasteiger partial charge in [0.05, 0.1) is 0 Å². The second-order valence-corrected chi connectivity index (χ2v) is 6.30. The topological polar surface area (TPSA) is 46.3 Å². The minimum Gasteiger partial charge on any atom is -0.345 e. The molecular weight excluding hydrogens is 236 g/mol. The van der Waals surface area contributed by atoms with Gasteiger partial charge in [-0.05, 0) is 24.8 Å². The van der Waals surface area contributed by atoms with Crippen molar-refractivity contribution in [2.75, 3.05) is 20.1 Å². The van der Waals surface area contributed by atoms with Crippen molar-refractivity contribution in [1.29, 1.82) is 0 Å². The highest BCUT2D eigenvalue weighted by Gasteiger charge is 2.38. The summed E-state index contributed by atoms with van der Waals surface area (Å²) in [4.78, 5) is 14.2. The average Bonchev–Trinajstić information content (AvgIpc) is 2.64. The summed E-state index contributed by atoms with van der Waals surface area (Å²) in [5, 5.41) is 0. The Morgan fingerprint density at radius 3 is 2.24 bits per heavy atom. The lowest BCUT2D eigenvalue weighted by molar-refractivity contribution is -0.140. The van der Waals surface area contributed by atoms with Crippen molar-refractivity contribution < 1.29 is 4.79 Å². The predicted octanol–water partition coefficient (Wildman–Crippen LogP) is 2.43. The molecule has 0 radical (unpaired) electrons. The number of hydrogen-bond acceptors (Lipinski definition) is 2. The van der Waals surface area contributed by atoms with Crippen molar-refractivity contribution in [3.05, 3.63) is 0 Å². The first-order valence-corrected chi connectivity index (χ1v) is 6.26. The Kier molecular flexibility index (Phi) is 5.95. The summed E-state index contributed by atoms with van der Waals surface area (Å²) < 4.78 is 0. The molecule has 0 bridgehead atoms. The largest absolute Gasteiger partial charge is 0.345 e. The van der Waals surface area contributed by atoms with Crippen LogP contribution < -0.4 is 5.73 Å². The van der Waals surface area contributed by atoms with Gasteiger partial charge in [0.15, 0.2) is 0 Å². The maximum Gasteiger partial charge on any atom is 0.228 e. The predicted molar refractivity (Wildman–Crippen MR) is 74.3 cm³/mol. The summed E-state index contributed by atoms with van der Waals surface area (Å²) >= 11 is 0. The van der Waals surface area contributed by atoms with E-state index in [-0.39, 0.29) is 23.2 Å². The number of nitrogens with two attached hydrogens (primary N) is 1. The van der Waals surface area contributed by atoms with Gasteiger partial charge in [-0.3, -0.25) is 4.79 Å². The van der Waals surface area contributed by atoms with Crippen LogP contribution in [-0.4, -0.2) is 30.9 Å². The van der Waals surface area contributed by atoms with Gasteiger partial charge in [-0.25, -0.2) is 0 Å². The van der Waals surface area contributed by atoms with Gasteiger partial charge in [0.1, 0.15) is 0 Å². The molecule has 0 aromatic heterocycles. The molecule has 102 valence electrons. The molecule has 0 atom stereocenters. The molecule has 0 heterocycles. The van der Waals surface area contributed by atoms with Crippen LogP contribution in [0.3, 0.4) is 0 Å². The molecule has 0 aromatic rings. The SMILES string of the molecule is CN(CC(C)(C)CN)C(=O)C1(C)CCCC1.Cl. The monoisotopic (exact) mass is 262 g/mol. The molecule has 1 fully saturated rings. The molecule has 17 heavy (non-hydrogen) atoms. The maximum absolute atomic E-state index is 12.3. The van der Waals surface area contributed by atoms with E-state index in [9.17, 15) is 4.79 Å². The lowest BCUT2D eigenvalue weighted by atomic mass is 9.86. The van der Waals surface area contributed by atoms with E-state index in [1.165, 1.54) is 12.8 Å². The van der Waals surface area contributed by atoms with Crippen LogP contribution in [0.1, 0.15) is 46.5 Å². The van der Waals surface area contributed by atoms with Crippen LogP contribution in [0.2, 0.25) is 0 Å². The number of amides is 1. The second kappa shape index (κ2) is 6.05. The summed E-state index contributed by atoms with van der Waals surface area (Å²) in [6, 6.07) is 0. The lowest BCUT2D eigenvalue weighted by Crippen LogP contribution is -2.45. The summed E-state index contributed by atoms with van der Waals surface area (Å²) in [6.45, 7) is 7.68. The van der Waals surface area contributed by atoms with E-state index in [1.54, 1.807) is 0 Å². The highest BCUT2D eigenvalue weighted by molar-refractivity contribution is 5.85. The van der Waals surface area contributed by atoms with E-state index >= 15 is 0 Å². The van der Waals surface area contributed by atoms with Crippen LogP contribution in [0.5, 0.6) is 0 Å². The fourth-order valence-electron chi connectivity index (χ4n) is 2.61. The van der Waals surface area contributed by atoms with Gasteiger partial charge in [0, 0.05) is 19.0 Å². The van der Waals surface area contributed by atoms with Gasteiger partial charge in [0.2, 0.25) is 5.91 Å². The zero-order valence-electron chi connectivity index (χ0n) is 11.6. The van der Waals surface area contributed by atoms with Gasteiger partial charge in [0.25, 0.3) is 0 Å². The minimum atomic E-state index is -0.112. The van der Waals surface area contributed by atoms with Gasteiger partial charge in [-0.1, -0.05) is 33.6 Å². The third-order valence-corrected chi connectivity index (χ3v) is 3.79. The van der Waals surface area contributed by atoms with Crippen LogP contribution in [-0.2, 0) is 4.79 Å². The highest BCUT2D eigenvalue weighted by atomic mass is 35.5. The molecule has 0 aliphatic heterocycles. The van der Waals surface area contributed by atoms with Gasteiger partial charge < -0.3 is 10.6 Å². The zero-order chi connectivity index (χ0) is 12.4. The molecular formula is C13H27ClN2O. The first-order valence-electron chi connectivity index (χ1n) is 6.26. The Hall–Kier alpha value is -0.280. The van der Waals surface area contributed by atoms with Crippen molar-refractivity contribution in [2.24, 2.45) is 16.6 Å². The number of halogens is 1. The van der Waals surface area contributed by atoms with E-state index in [0.717, 1.165) is 19.4 Å². The summed E-state index contributed by atoms with van der Waals surface area (Å²) in [6.07, 6.45) is 4.46. The van der Waals surface area contributed by atoms with Crippen molar-refractivity contribution in [2.45, 2.75) is 46.5 Å². The van der Waals surface area contributed by atoms with Crippen LogP contribution in [0, 0.1) is 10.8 Å². The van der Waals surface area contributed by atoms with E-state index in [2.05, 4.69) is 20.8 Å². The molecule has 1 aliphatic carbocycles. The van der Waals surface area contributed by atoms with Gasteiger partial charge >= 0.3 is 0 Å². The summed E-state index contributed by atoms with van der Waals surface area (Å²) in [5.74, 6) is 0.298. The summed E-state index contributed by atoms with van der Waals surface area (Å²) in [7, 11) is 1.91. The number of hydrogen-bond donors (Lipinski definition) is 1. The van der Waals surface area contributed by atoms with E-state index in [4.69, 9.17) is 5.73 Å².